The second-order valence-corrected chi connectivity index (χ2v) is 6.31. The monoisotopic (exact) mass is 324 g/mol. The van der Waals surface area contributed by atoms with Crippen molar-refractivity contribution in [1.82, 2.24) is 10.6 Å². The molecule has 122 valence electrons. The molecule has 2 atom stereocenters. The number of para-hydroxylation sites is 1. The highest BCUT2D eigenvalue weighted by Gasteiger charge is 2.22. The lowest BCUT2D eigenvalue weighted by Crippen LogP contribution is -2.46. The van der Waals surface area contributed by atoms with Crippen molar-refractivity contribution in [2.24, 2.45) is 5.92 Å². The first-order valence-electron chi connectivity index (χ1n) is 8.08. The Morgan fingerprint density at radius 2 is 2.09 bits per heavy atom. The standard InChI is InChI=1S/C17H25ClN2O2/c1-13-7-2-4-9-15(13)20-17(21)19-11-6-12-22-16-10-5-3-8-14(16)18/h3,5,8,10,13,15H,2,4,6-7,9,11-12H2,1H3,(H2,19,20,21). The normalized spacial score (nSPS) is 21.2. The Morgan fingerprint density at radius 1 is 1.32 bits per heavy atom. The van der Waals surface area contributed by atoms with Crippen molar-refractivity contribution in [3.8, 4) is 5.75 Å². The number of hydrogen-bond donors (Lipinski definition) is 2. The van der Waals surface area contributed by atoms with Gasteiger partial charge in [-0.1, -0.05) is 43.5 Å². The van der Waals surface area contributed by atoms with Crippen molar-refractivity contribution in [2.75, 3.05) is 13.2 Å². The highest BCUT2D eigenvalue weighted by Crippen LogP contribution is 2.24. The first-order chi connectivity index (χ1) is 10.7. The molecule has 1 saturated carbocycles. The molecular weight excluding hydrogens is 300 g/mol. The molecule has 0 aliphatic heterocycles. The topological polar surface area (TPSA) is 50.4 Å². The maximum Gasteiger partial charge on any atom is 0.315 e. The Bertz CT molecular complexity index is 481. The summed E-state index contributed by atoms with van der Waals surface area (Å²) in [5, 5.41) is 6.57. The second kappa shape index (κ2) is 8.89. The fraction of sp³-hybridized carbons (Fsp3) is 0.588. The first kappa shape index (κ1) is 16.9. The van der Waals surface area contributed by atoms with Crippen molar-refractivity contribution in [3.63, 3.8) is 0 Å². The molecule has 0 saturated heterocycles. The smallest absolute Gasteiger partial charge is 0.315 e. The van der Waals surface area contributed by atoms with Gasteiger partial charge in [-0.3, -0.25) is 0 Å². The lowest BCUT2D eigenvalue weighted by molar-refractivity contribution is 0.220. The van der Waals surface area contributed by atoms with E-state index in [1.165, 1.54) is 19.3 Å². The van der Waals surface area contributed by atoms with Gasteiger partial charge in [0, 0.05) is 12.6 Å². The van der Waals surface area contributed by atoms with Crippen LogP contribution in [-0.4, -0.2) is 25.2 Å². The minimum absolute atomic E-state index is 0.0727. The number of rotatable bonds is 6. The zero-order valence-electron chi connectivity index (χ0n) is 13.1. The van der Waals surface area contributed by atoms with E-state index in [2.05, 4.69) is 17.6 Å². The average Bonchev–Trinajstić information content (AvgIpc) is 2.51. The van der Waals surface area contributed by atoms with Gasteiger partial charge in [0.2, 0.25) is 0 Å². The van der Waals surface area contributed by atoms with E-state index >= 15 is 0 Å². The lowest BCUT2D eigenvalue weighted by atomic mass is 9.86. The number of amides is 2. The van der Waals surface area contributed by atoms with E-state index in [1.54, 1.807) is 6.07 Å². The Hall–Kier alpha value is -1.42. The van der Waals surface area contributed by atoms with Crippen molar-refractivity contribution in [2.45, 2.75) is 45.1 Å². The van der Waals surface area contributed by atoms with Crippen molar-refractivity contribution >= 4 is 17.6 Å². The highest BCUT2D eigenvalue weighted by molar-refractivity contribution is 6.32. The largest absolute Gasteiger partial charge is 0.492 e. The molecule has 1 aromatic rings. The Labute approximate surface area is 137 Å². The second-order valence-electron chi connectivity index (χ2n) is 5.90. The molecule has 0 heterocycles. The zero-order valence-corrected chi connectivity index (χ0v) is 13.9. The molecule has 0 radical (unpaired) electrons. The van der Waals surface area contributed by atoms with Crippen LogP contribution in [0.5, 0.6) is 5.75 Å². The summed E-state index contributed by atoms with van der Waals surface area (Å²) in [5.74, 6) is 1.26. The maximum atomic E-state index is 11.9. The van der Waals surface area contributed by atoms with Gasteiger partial charge in [-0.25, -0.2) is 4.79 Å². The van der Waals surface area contributed by atoms with E-state index in [9.17, 15) is 4.79 Å². The molecule has 1 aliphatic rings. The van der Waals surface area contributed by atoms with Crippen LogP contribution in [0, 0.1) is 5.92 Å². The van der Waals surface area contributed by atoms with Gasteiger partial charge in [0.05, 0.1) is 11.6 Å². The van der Waals surface area contributed by atoms with Gasteiger partial charge in [0.1, 0.15) is 5.75 Å². The maximum absolute atomic E-state index is 11.9. The number of hydrogen-bond acceptors (Lipinski definition) is 2. The summed E-state index contributed by atoms with van der Waals surface area (Å²) in [5.41, 5.74) is 0. The van der Waals surface area contributed by atoms with Crippen LogP contribution in [0.1, 0.15) is 39.0 Å². The van der Waals surface area contributed by atoms with Crippen LogP contribution in [0.4, 0.5) is 4.79 Å². The van der Waals surface area contributed by atoms with E-state index in [1.807, 2.05) is 18.2 Å². The van der Waals surface area contributed by atoms with Gasteiger partial charge in [-0.2, -0.15) is 0 Å². The number of ether oxygens (including phenoxy) is 1. The Kier molecular flexibility index (Phi) is 6.84. The molecule has 22 heavy (non-hydrogen) atoms. The quantitative estimate of drug-likeness (QED) is 0.777. The molecule has 2 rings (SSSR count). The average molecular weight is 325 g/mol. The van der Waals surface area contributed by atoms with Crippen LogP contribution in [-0.2, 0) is 0 Å². The first-order valence-corrected chi connectivity index (χ1v) is 8.46. The van der Waals surface area contributed by atoms with Gasteiger partial charge in [0.15, 0.2) is 0 Å². The van der Waals surface area contributed by atoms with Crippen LogP contribution < -0.4 is 15.4 Å². The molecule has 1 fully saturated rings. The van der Waals surface area contributed by atoms with Gasteiger partial charge in [-0.05, 0) is 37.3 Å². The number of urea groups is 1. The lowest BCUT2D eigenvalue weighted by Gasteiger charge is -2.29. The summed E-state index contributed by atoms with van der Waals surface area (Å²) in [7, 11) is 0. The third kappa shape index (κ3) is 5.41. The fourth-order valence-electron chi connectivity index (χ4n) is 2.77. The van der Waals surface area contributed by atoms with Crippen LogP contribution in [0.25, 0.3) is 0 Å². The minimum Gasteiger partial charge on any atom is -0.492 e. The van der Waals surface area contributed by atoms with Crippen LogP contribution in [0.15, 0.2) is 24.3 Å². The molecule has 0 spiro atoms. The van der Waals surface area contributed by atoms with Crippen molar-refractivity contribution < 1.29 is 9.53 Å². The Balaban J connectivity index is 1.58. The van der Waals surface area contributed by atoms with E-state index in [-0.39, 0.29) is 6.03 Å². The number of nitrogens with one attached hydrogen (secondary N) is 2. The van der Waals surface area contributed by atoms with Crippen LogP contribution >= 0.6 is 11.6 Å². The summed E-state index contributed by atoms with van der Waals surface area (Å²) in [6.07, 6.45) is 5.53. The highest BCUT2D eigenvalue weighted by atomic mass is 35.5. The van der Waals surface area contributed by atoms with Crippen LogP contribution in [0.2, 0.25) is 5.02 Å². The summed E-state index contributed by atoms with van der Waals surface area (Å²) < 4.78 is 5.58. The number of benzene rings is 1. The molecule has 1 aromatic carbocycles. The Morgan fingerprint density at radius 3 is 2.86 bits per heavy atom. The van der Waals surface area contributed by atoms with E-state index < -0.39 is 0 Å². The fourth-order valence-corrected chi connectivity index (χ4v) is 2.96. The van der Waals surface area contributed by atoms with Gasteiger partial charge in [0.25, 0.3) is 0 Å². The molecule has 1 aliphatic carbocycles. The predicted octanol–water partition coefficient (Wildman–Crippen LogP) is 3.99. The van der Waals surface area contributed by atoms with Gasteiger partial charge in [-0.15, -0.1) is 0 Å². The predicted molar refractivity (Wildman–Crippen MR) is 89.5 cm³/mol. The third-order valence-corrected chi connectivity index (χ3v) is 4.44. The number of carbonyl (C=O) groups is 1. The molecule has 5 heteroatoms. The van der Waals surface area contributed by atoms with E-state index in [0.29, 0.717) is 35.9 Å². The molecule has 2 amide bonds. The summed E-state index contributed by atoms with van der Waals surface area (Å²) in [6.45, 7) is 3.34. The molecule has 0 aromatic heterocycles. The van der Waals surface area contributed by atoms with Gasteiger partial charge >= 0.3 is 6.03 Å². The number of halogens is 1. The van der Waals surface area contributed by atoms with E-state index in [0.717, 1.165) is 12.8 Å². The molecule has 0 bridgehead atoms. The van der Waals surface area contributed by atoms with Crippen molar-refractivity contribution in [3.05, 3.63) is 29.3 Å². The van der Waals surface area contributed by atoms with Gasteiger partial charge < -0.3 is 15.4 Å². The molecular formula is C17H25ClN2O2. The van der Waals surface area contributed by atoms with Crippen LogP contribution in [0.3, 0.4) is 0 Å². The summed E-state index contributed by atoms with van der Waals surface area (Å²) >= 11 is 6.00. The number of carbonyl (C=O) groups excluding carboxylic acids is 1. The minimum atomic E-state index is -0.0727. The van der Waals surface area contributed by atoms with Crippen molar-refractivity contribution in [1.29, 1.82) is 0 Å². The molecule has 4 nitrogen and oxygen atoms in total. The molecule has 2 N–H and O–H groups in total. The summed E-state index contributed by atoms with van der Waals surface area (Å²) in [4.78, 5) is 11.9. The molecule has 2 unspecified atom stereocenters. The van der Waals surface area contributed by atoms with E-state index in [4.69, 9.17) is 16.3 Å². The zero-order chi connectivity index (χ0) is 15.8. The summed E-state index contributed by atoms with van der Waals surface area (Å²) in [6, 6.07) is 7.64. The SMILES string of the molecule is CC1CCCCC1NC(=O)NCCCOc1ccccc1Cl. The third-order valence-electron chi connectivity index (χ3n) is 4.13.